The zero-order chi connectivity index (χ0) is 16.2. The lowest BCUT2D eigenvalue weighted by molar-refractivity contribution is -0.138. The van der Waals surface area contributed by atoms with Crippen LogP contribution in [0.1, 0.15) is 39.5 Å². The van der Waals surface area contributed by atoms with E-state index in [9.17, 15) is 4.79 Å². The molecule has 5 nitrogen and oxygen atoms in total. The normalized spacial score (nSPS) is 23.8. The van der Waals surface area contributed by atoms with E-state index in [1.807, 2.05) is 23.1 Å². The lowest BCUT2D eigenvalue weighted by atomic mass is 9.94. The van der Waals surface area contributed by atoms with Gasteiger partial charge in [-0.3, -0.25) is 9.48 Å². The summed E-state index contributed by atoms with van der Waals surface area (Å²) < 4.78 is 1.96. The molecule has 128 valence electrons. The number of hydrogen-bond acceptors (Lipinski definition) is 3. The first-order valence-corrected chi connectivity index (χ1v) is 9.13. The molecule has 0 aromatic carbocycles. The highest BCUT2D eigenvalue weighted by molar-refractivity contribution is 5.79. The van der Waals surface area contributed by atoms with Crippen LogP contribution in [0.15, 0.2) is 18.5 Å². The molecule has 0 aliphatic carbocycles. The first-order valence-electron chi connectivity index (χ1n) is 9.13. The Morgan fingerprint density at radius 1 is 1.22 bits per heavy atom. The molecule has 1 amide bonds. The Bertz CT molecular complexity index is 491. The van der Waals surface area contributed by atoms with Crippen LogP contribution >= 0.6 is 0 Å². The van der Waals surface area contributed by atoms with Gasteiger partial charge in [-0.05, 0) is 50.8 Å². The molecule has 0 radical (unpaired) electrons. The Hall–Kier alpha value is -1.36. The fourth-order valence-corrected chi connectivity index (χ4v) is 4.05. The van der Waals surface area contributed by atoms with E-state index in [4.69, 9.17) is 0 Å². The Labute approximate surface area is 139 Å². The minimum Gasteiger partial charge on any atom is -0.338 e. The van der Waals surface area contributed by atoms with Gasteiger partial charge in [-0.1, -0.05) is 13.8 Å². The van der Waals surface area contributed by atoms with Gasteiger partial charge >= 0.3 is 0 Å². The number of carbonyl (C=O) groups excluding carboxylic acids is 1. The van der Waals surface area contributed by atoms with Gasteiger partial charge in [0.2, 0.25) is 5.91 Å². The zero-order valence-corrected chi connectivity index (χ0v) is 14.5. The number of rotatable bonds is 5. The molecule has 23 heavy (non-hydrogen) atoms. The number of amides is 1. The minimum absolute atomic E-state index is 0.233. The van der Waals surface area contributed by atoms with Crippen molar-refractivity contribution in [3.05, 3.63) is 18.5 Å². The van der Waals surface area contributed by atoms with E-state index in [-0.39, 0.29) is 5.92 Å². The molecule has 2 aliphatic rings. The van der Waals surface area contributed by atoms with E-state index in [0.29, 0.717) is 17.9 Å². The molecule has 0 spiro atoms. The van der Waals surface area contributed by atoms with Crippen molar-refractivity contribution in [1.29, 1.82) is 0 Å². The van der Waals surface area contributed by atoms with E-state index in [2.05, 4.69) is 28.7 Å². The third-order valence-corrected chi connectivity index (χ3v) is 5.18. The lowest BCUT2D eigenvalue weighted by Crippen LogP contribution is -2.45. The van der Waals surface area contributed by atoms with E-state index in [0.717, 1.165) is 58.4 Å². The summed E-state index contributed by atoms with van der Waals surface area (Å²) in [6.07, 6.45) is 8.09. The fraction of sp³-hybridized carbons (Fsp3) is 0.778. The van der Waals surface area contributed by atoms with Gasteiger partial charge in [0.1, 0.15) is 0 Å². The van der Waals surface area contributed by atoms with E-state index in [1.165, 1.54) is 0 Å². The van der Waals surface area contributed by atoms with E-state index < -0.39 is 0 Å². The lowest BCUT2D eigenvalue weighted by Gasteiger charge is -2.35. The molecule has 3 heterocycles. The Morgan fingerprint density at radius 3 is 2.65 bits per heavy atom. The van der Waals surface area contributed by atoms with Crippen molar-refractivity contribution in [3.8, 4) is 0 Å². The Kier molecular flexibility index (Phi) is 5.36. The maximum atomic E-state index is 12.9. The molecule has 0 bridgehead atoms. The molecule has 3 rings (SSSR count). The van der Waals surface area contributed by atoms with Gasteiger partial charge in [-0.15, -0.1) is 0 Å². The average molecular weight is 318 g/mol. The van der Waals surface area contributed by atoms with Gasteiger partial charge in [0.05, 0.1) is 12.6 Å². The summed E-state index contributed by atoms with van der Waals surface area (Å²) in [7, 11) is 0. The van der Waals surface area contributed by atoms with Crippen LogP contribution in [0.5, 0.6) is 0 Å². The smallest absolute Gasteiger partial charge is 0.226 e. The molecule has 5 heteroatoms. The second-order valence-electron chi connectivity index (χ2n) is 7.52. The third-order valence-electron chi connectivity index (χ3n) is 5.18. The van der Waals surface area contributed by atoms with Crippen LogP contribution < -0.4 is 0 Å². The summed E-state index contributed by atoms with van der Waals surface area (Å²) >= 11 is 0. The first kappa shape index (κ1) is 16.5. The predicted molar refractivity (Wildman–Crippen MR) is 91.0 cm³/mol. The summed E-state index contributed by atoms with van der Waals surface area (Å²) in [5.74, 6) is 1.33. The SMILES string of the molecule is CC(C)CN1CCC(C(=O)N2CCCC2Cn2cccn2)CC1. The fourth-order valence-electron chi connectivity index (χ4n) is 4.05. The highest BCUT2D eigenvalue weighted by atomic mass is 16.2. The molecular formula is C18H30N4O. The summed E-state index contributed by atoms with van der Waals surface area (Å²) in [5.41, 5.74) is 0. The molecule has 0 saturated carbocycles. The third kappa shape index (κ3) is 4.14. The van der Waals surface area contributed by atoms with Crippen LogP contribution in [0.2, 0.25) is 0 Å². The van der Waals surface area contributed by atoms with E-state index in [1.54, 1.807) is 0 Å². The van der Waals surface area contributed by atoms with Crippen molar-refractivity contribution < 1.29 is 4.79 Å². The topological polar surface area (TPSA) is 41.4 Å². The largest absolute Gasteiger partial charge is 0.338 e. The predicted octanol–water partition coefficient (Wildman–Crippen LogP) is 2.24. The molecule has 0 N–H and O–H groups in total. The number of piperidine rings is 1. The second kappa shape index (κ2) is 7.47. The van der Waals surface area contributed by atoms with Crippen molar-refractivity contribution in [2.75, 3.05) is 26.2 Å². The standard InChI is InChI=1S/C18H30N4O/c1-15(2)13-20-11-6-16(7-12-20)18(23)22-10-3-5-17(22)14-21-9-4-8-19-21/h4,8-9,15-17H,3,5-7,10-14H2,1-2H3. The highest BCUT2D eigenvalue weighted by Crippen LogP contribution is 2.26. The van der Waals surface area contributed by atoms with Crippen LogP contribution in [0, 0.1) is 11.8 Å². The molecular weight excluding hydrogens is 288 g/mol. The van der Waals surface area contributed by atoms with Gasteiger partial charge in [-0.25, -0.2) is 0 Å². The first-order chi connectivity index (χ1) is 11.1. The number of hydrogen-bond donors (Lipinski definition) is 0. The number of aromatic nitrogens is 2. The summed E-state index contributed by atoms with van der Waals surface area (Å²) in [5, 5.41) is 4.30. The van der Waals surface area contributed by atoms with Crippen molar-refractivity contribution in [2.24, 2.45) is 11.8 Å². The van der Waals surface area contributed by atoms with Gasteiger partial charge in [0.25, 0.3) is 0 Å². The van der Waals surface area contributed by atoms with E-state index >= 15 is 0 Å². The summed E-state index contributed by atoms with van der Waals surface area (Å²) in [4.78, 5) is 17.6. The van der Waals surface area contributed by atoms with Crippen LogP contribution in [0.3, 0.4) is 0 Å². The molecule has 1 unspecified atom stereocenters. The Morgan fingerprint density at radius 2 is 2.00 bits per heavy atom. The monoisotopic (exact) mass is 318 g/mol. The maximum Gasteiger partial charge on any atom is 0.226 e. The van der Waals surface area contributed by atoms with Gasteiger partial charge < -0.3 is 9.80 Å². The van der Waals surface area contributed by atoms with Crippen LogP contribution in [0.25, 0.3) is 0 Å². The Balaban J connectivity index is 1.53. The highest BCUT2D eigenvalue weighted by Gasteiger charge is 2.34. The van der Waals surface area contributed by atoms with Gasteiger partial charge in [-0.2, -0.15) is 5.10 Å². The quantitative estimate of drug-likeness (QED) is 0.836. The maximum absolute atomic E-state index is 12.9. The number of likely N-dealkylation sites (tertiary alicyclic amines) is 2. The molecule has 1 atom stereocenters. The minimum atomic E-state index is 0.233. The zero-order valence-electron chi connectivity index (χ0n) is 14.5. The van der Waals surface area contributed by atoms with Crippen LogP contribution in [0.4, 0.5) is 0 Å². The molecule has 1 aromatic rings. The summed E-state index contributed by atoms with van der Waals surface area (Å²) in [6.45, 7) is 9.61. The van der Waals surface area contributed by atoms with Crippen molar-refractivity contribution in [2.45, 2.75) is 52.1 Å². The molecule has 2 fully saturated rings. The number of carbonyl (C=O) groups is 1. The molecule has 2 aliphatic heterocycles. The van der Waals surface area contributed by atoms with Crippen molar-refractivity contribution >= 4 is 5.91 Å². The summed E-state index contributed by atoms with van der Waals surface area (Å²) in [6, 6.07) is 2.28. The van der Waals surface area contributed by atoms with Gasteiger partial charge in [0, 0.05) is 31.4 Å². The van der Waals surface area contributed by atoms with Crippen molar-refractivity contribution in [3.63, 3.8) is 0 Å². The average Bonchev–Trinajstić information content (AvgIpc) is 3.19. The number of nitrogens with zero attached hydrogens (tertiary/aromatic N) is 4. The van der Waals surface area contributed by atoms with Crippen LogP contribution in [-0.2, 0) is 11.3 Å². The van der Waals surface area contributed by atoms with Gasteiger partial charge in [0.15, 0.2) is 0 Å². The van der Waals surface area contributed by atoms with Crippen molar-refractivity contribution in [1.82, 2.24) is 19.6 Å². The second-order valence-corrected chi connectivity index (χ2v) is 7.52. The molecule has 1 aromatic heterocycles. The van der Waals surface area contributed by atoms with Crippen LogP contribution in [-0.4, -0.2) is 57.7 Å². The molecule has 2 saturated heterocycles.